The van der Waals surface area contributed by atoms with Crippen LogP contribution in [-0.2, 0) is 12.3 Å². The zero-order chi connectivity index (χ0) is 13.9. The van der Waals surface area contributed by atoms with E-state index >= 15 is 0 Å². The van der Waals surface area contributed by atoms with Gasteiger partial charge in [0.15, 0.2) is 0 Å². The molecule has 0 radical (unpaired) electrons. The van der Waals surface area contributed by atoms with E-state index in [0.717, 1.165) is 24.9 Å². The minimum atomic E-state index is -2.74. The summed E-state index contributed by atoms with van der Waals surface area (Å²) < 4.78 is 28.0. The third kappa shape index (κ3) is 3.53. The van der Waals surface area contributed by atoms with E-state index in [-0.39, 0.29) is 5.56 Å². The van der Waals surface area contributed by atoms with Crippen LogP contribution in [0.1, 0.15) is 44.2 Å². The molecule has 1 aliphatic rings. The van der Waals surface area contributed by atoms with Gasteiger partial charge in [-0.05, 0) is 37.4 Å². The number of rotatable bonds is 4. The topological polar surface area (TPSA) is 12.0 Å². The van der Waals surface area contributed by atoms with Crippen molar-refractivity contribution in [2.24, 2.45) is 5.92 Å². The molecular weight excluding hydrogens is 244 g/mol. The van der Waals surface area contributed by atoms with Crippen molar-refractivity contribution in [1.29, 1.82) is 0 Å². The van der Waals surface area contributed by atoms with Crippen LogP contribution in [0.4, 0.5) is 8.78 Å². The lowest BCUT2D eigenvalue weighted by molar-refractivity contribution is -0.0514. The van der Waals surface area contributed by atoms with Gasteiger partial charge in [0.05, 0.1) is 0 Å². The molecule has 1 heterocycles. The Labute approximate surface area is 114 Å². The fourth-order valence-electron chi connectivity index (χ4n) is 2.62. The summed E-state index contributed by atoms with van der Waals surface area (Å²) in [6.07, 6.45) is 4.45. The Morgan fingerprint density at radius 2 is 2.11 bits per heavy atom. The second-order valence-electron chi connectivity index (χ2n) is 5.83. The molecule has 2 rings (SSSR count). The van der Waals surface area contributed by atoms with Crippen LogP contribution in [0.15, 0.2) is 24.3 Å². The number of benzene rings is 1. The van der Waals surface area contributed by atoms with Crippen molar-refractivity contribution in [3.8, 4) is 0 Å². The van der Waals surface area contributed by atoms with Gasteiger partial charge in [0.2, 0.25) is 0 Å². The number of halogens is 2. The van der Waals surface area contributed by atoms with Crippen molar-refractivity contribution in [2.45, 2.75) is 51.5 Å². The van der Waals surface area contributed by atoms with Crippen LogP contribution in [0.25, 0.3) is 0 Å². The first-order chi connectivity index (χ1) is 9.00. The maximum Gasteiger partial charge on any atom is 0.275 e. The van der Waals surface area contributed by atoms with E-state index in [1.807, 2.05) is 6.07 Å². The predicted molar refractivity (Wildman–Crippen MR) is 74.5 cm³/mol. The minimum Gasteiger partial charge on any atom is -0.314 e. The quantitative estimate of drug-likeness (QED) is 0.865. The molecule has 106 valence electrons. The van der Waals surface area contributed by atoms with Crippen LogP contribution in [0.5, 0.6) is 0 Å². The summed E-state index contributed by atoms with van der Waals surface area (Å²) in [7, 11) is 0. The van der Waals surface area contributed by atoms with E-state index in [1.54, 1.807) is 26.0 Å². The monoisotopic (exact) mass is 267 g/mol. The molecule has 0 amide bonds. The van der Waals surface area contributed by atoms with Crippen molar-refractivity contribution < 1.29 is 8.78 Å². The molecule has 1 atom stereocenters. The number of hydrogen-bond donors (Lipinski definition) is 1. The Kier molecular flexibility index (Phi) is 4.56. The molecule has 19 heavy (non-hydrogen) atoms. The predicted octanol–water partition coefficient (Wildman–Crippen LogP) is 4.12. The third-order valence-electron chi connectivity index (χ3n) is 3.93. The van der Waals surface area contributed by atoms with E-state index in [1.165, 1.54) is 18.9 Å². The lowest BCUT2D eigenvalue weighted by Crippen LogP contribution is -2.35. The van der Waals surface area contributed by atoms with Crippen molar-refractivity contribution in [2.75, 3.05) is 6.54 Å². The first kappa shape index (κ1) is 14.4. The smallest absolute Gasteiger partial charge is 0.275 e. The van der Waals surface area contributed by atoms with Gasteiger partial charge < -0.3 is 5.32 Å². The van der Waals surface area contributed by atoms with Crippen LogP contribution < -0.4 is 5.32 Å². The molecular formula is C16H23F2N. The zero-order valence-corrected chi connectivity index (χ0v) is 11.8. The fraction of sp³-hybridized carbons (Fsp3) is 0.625. The lowest BCUT2D eigenvalue weighted by Gasteiger charge is -2.25. The van der Waals surface area contributed by atoms with Crippen molar-refractivity contribution in [3.63, 3.8) is 0 Å². The van der Waals surface area contributed by atoms with E-state index in [4.69, 9.17) is 0 Å². The summed E-state index contributed by atoms with van der Waals surface area (Å²) in [6, 6.07) is 7.37. The molecule has 0 aliphatic carbocycles. The molecule has 0 bridgehead atoms. The average Bonchev–Trinajstić information content (AvgIpc) is 2.40. The first-order valence-corrected chi connectivity index (χ1v) is 7.20. The molecule has 1 unspecified atom stereocenters. The summed E-state index contributed by atoms with van der Waals surface area (Å²) >= 11 is 0. The summed E-state index contributed by atoms with van der Waals surface area (Å²) in [6.45, 7) is 4.18. The van der Waals surface area contributed by atoms with Gasteiger partial charge in [0, 0.05) is 17.5 Å². The molecule has 1 fully saturated rings. The van der Waals surface area contributed by atoms with Crippen LogP contribution in [0.3, 0.4) is 0 Å². The average molecular weight is 267 g/mol. The summed E-state index contributed by atoms with van der Waals surface area (Å²) in [5.74, 6) is -3.41. The Morgan fingerprint density at radius 3 is 2.74 bits per heavy atom. The largest absolute Gasteiger partial charge is 0.314 e. The minimum absolute atomic E-state index is 0.149. The van der Waals surface area contributed by atoms with Gasteiger partial charge in [-0.3, -0.25) is 0 Å². The van der Waals surface area contributed by atoms with Gasteiger partial charge in [0.1, 0.15) is 0 Å². The summed E-state index contributed by atoms with van der Waals surface area (Å²) in [5.41, 5.74) is 1.16. The molecule has 1 aliphatic heterocycles. The molecule has 0 spiro atoms. The van der Waals surface area contributed by atoms with Crippen molar-refractivity contribution in [3.05, 3.63) is 35.4 Å². The third-order valence-corrected chi connectivity index (χ3v) is 3.93. The number of nitrogens with one attached hydrogen (secondary N) is 1. The molecule has 3 heteroatoms. The Balaban J connectivity index is 2.10. The molecule has 1 N–H and O–H groups in total. The highest BCUT2D eigenvalue weighted by molar-refractivity contribution is 5.28. The maximum atomic E-state index is 14.0. The van der Waals surface area contributed by atoms with Crippen LogP contribution >= 0.6 is 0 Å². The molecule has 0 saturated carbocycles. The van der Waals surface area contributed by atoms with Crippen LogP contribution in [0, 0.1) is 5.92 Å². The Bertz CT molecular complexity index is 409. The highest BCUT2D eigenvalue weighted by Crippen LogP contribution is 2.36. The summed E-state index contributed by atoms with van der Waals surface area (Å²) in [4.78, 5) is 0. The standard InChI is InChI=1S/C16H23F2N/c1-12(2)16(17,18)14-7-5-6-13(10-14)11-15-8-3-4-9-19-15/h5-7,10,12,15,19H,3-4,8-9,11H2,1-2H3. The number of hydrogen-bond acceptors (Lipinski definition) is 1. The van der Waals surface area contributed by atoms with E-state index in [9.17, 15) is 8.78 Å². The fourth-order valence-corrected chi connectivity index (χ4v) is 2.62. The van der Waals surface area contributed by atoms with Crippen molar-refractivity contribution in [1.82, 2.24) is 5.32 Å². The number of alkyl halides is 2. The summed E-state index contributed by atoms with van der Waals surface area (Å²) in [5, 5.41) is 3.46. The molecule has 1 aromatic rings. The lowest BCUT2D eigenvalue weighted by atomic mass is 9.93. The molecule has 1 saturated heterocycles. The Morgan fingerprint density at radius 1 is 1.32 bits per heavy atom. The second kappa shape index (κ2) is 6.00. The van der Waals surface area contributed by atoms with Gasteiger partial charge in [-0.2, -0.15) is 0 Å². The van der Waals surface area contributed by atoms with E-state index in [2.05, 4.69) is 5.32 Å². The van der Waals surface area contributed by atoms with Gasteiger partial charge in [-0.25, -0.2) is 8.78 Å². The van der Waals surface area contributed by atoms with E-state index < -0.39 is 11.8 Å². The van der Waals surface area contributed by atoms with Crippen LogP contribution in [-0.4, -0.2) is 12.6 Å². The molecule has 1 aromatic carbocycles. The van der Waals surface area contributed by atoms with E-state index in [0.29, 0.717) is 6.04 Å². The number of piperidine rings is 1. The SMILES string of the molecule is CC(C)C(F)(F)c1cccc(CC2CCCCN2)c1. The first-order valence-electron chi connectivity index (χ1n) is 7.20. The second-order valence-corrected chi connectivity index (χ2v) is 5.83. The highest BCUT2D eigenvalue weighted by Gasteiger charge is 2.35. The Hall–Kier alpha value is -0.960. The highest BCUT2D eigenvalue weighted by atomic mass is 19.3. The van der Waals surface area contributed by atoms with Gasteiger partial charge in [0.25, 0.3) is 5.92 Å². The molecule has 1 nitrogen and oxygen atoms in total. The normalized spacial score (nSPS) is 20.8. The van der Waals surface area contributed by atoms with Gasteiger partial charge >= 0.3 is 0 Å². The molecule has 0 aromatic heterocycles. The van der Waals surface area contributed by atoms with Crippen LogP contribution in [0.2, 0.25) is 0 Å². The van der Waals surface area contributed by atoms with Crippen molar-refractivity contribution >= 4 is 0 Å². The maximum absolute atomic E-state index is 14.0. The van der Waals surface area contributed by atoms with Gasteiger partial charge in [-0.1, -0.05) is 38.5 Å². The van der Waals surface area contributed by atoms with Gasteiger partial charge in [-0.15, -0.1) is 0 Å². The zero-order valence-electron chi connectivity index (χ0n) is 11.8.